The molecule has 0 aliphatic carbocycles. The van der Waals surface area contributed by atoms with Crippen LogP contribution >= 0.6 is 23.1 Å². The number of nitrogens with zero attached hydrogens (tertiary/aromatic N) is 2. The molecular weight excluding hydrogens is 394 g/mol. The maximum atomic E-state index is 12.5. The normalized spacial score (nSPS) is 21.4. The zero-order valence-electron chi connectivity index (χ0n) is 14.3. The molecular formula is C15H17N5O5S2. The Balaban J connectivity index is 1.68. The number of anilines is 1. The summed E-state index contributed by atoms with van der Waals surface area (Å²) in [6.07, 6.45) is 0.00504. The van der Waals surface area contributed by atoms with E-state index in [9.17, 15) is 19.2 Å². The topological polar surface area (TPSA) is 158 Å². The van der Waals surface area contributed by atoms with E-state index in [4.69, 9.17) is 16.2 Å². The third-order valence-electron chi connectivity index (χ3n) is 3.96. The molecule has 0 aromatic carbocycles. The number of nitrogens with two attached hydrogens (primary N) is 2. The number of amides is 3. The molecule has 0 unspecified atom stereocenters. The van der Waals surface area contributed by atoms with Gasteiger partial charge in [-0.25, -0.2) is 4.98 Å². The number of carbonyl (C=O) groups excluding carboxylic acids is 4. The van der Waals surface area contributed by atoms with Crippen LogP contribution in [0.25, 0.3) is 0 Å². The van der Waals surface area contributed by atoms with Crippen molar-refractivity contribution in [1.29, 1.82) is 0 Å². The quantitative estimate of drug-likeness (QED) is 0.396. The van der Waals surface area contributed by atoms with Crippen LogP contribution in [0.5, 0.6) is 0 Å². The fourth-order valence-corrected chi connectivity index (χ4v) is 4.70. The highest BCUT2D eigenvalue weighted by Gasteiger charge is 2.53. The fourth-order valence-electron chi connectivity index (χ4n) is 2.81. The second-order valence-corrected chi connectivity index (χ2v) is 7.90. The number of nitrogens with one attached hydrogen (secondary N) is 1. The van der Waals surface area contributed by atoms with E-state index in [0.717, 1.165) is 0 Å². The highest BCUT2D eigenvalue weighted by atomic mass is 32.2. The first-order valence-corrected chi connectivity index (χ1v) is 9.80. The zero-order valence-corrected chi connectivity index (χ0v) is 15.9. The van der Waals surface area contributed by atoms with Gasteiger partial charge in [0.15, 0.2) is 5.13 Å². The molecule has 144 valence electrons. The van der Waals surface area contributed by atoms with Crippen LogP contribution in [-0.4, -0.2) is 57.4 Å². The molecule has 0 saturated carbocycles. The number of nitrogen functional groups attached to an aromatic ring is 1. The Labute approximate surface area is 162 Å². The minimum absolute atomic E-state index is 0.00504. The number of hydrogen-bond donors (Lipinski definition) is 3. The number of β-lactam (4-membered cyclic amide) rings is 1. The van der Waals surface area contributed by atoms with Crippen molar-refractivity contribution in [3.05, 3.63) is 22.3 Å². The van der Waals surface area contributed by atoms with E-state index in [1.165, 1.54) is 34.9 Å². The van der Waals surface area contributed by atoms with Crippen LogP contribution in [0.4, 0.5) is 5.13 Å². The summed E-state index contributed by atoms with van der Waals surface area (Å²) in [5.74, 6) is -1.73. The predicted molar refractivity (Wildman–Crippen MR) is 98.1 cm³/mol. The first-order valence-electron chi connectivity index (χ1n) is 7.87. The molecule has 2 aliphatic heterocycles. The molecule has 27 heavy (non-hydrogen) atoms. The Morgan fingerprint density at radius 1 is 1.44 bits per heavy atom. The average Bonchev–Trinajstić information content (AvgIpc) is 3.01. The summed E-state index contributed by atoms with van der Waals surface area (Å²) in [5, 5.41) is 4.26. The van der Waals surface area contributed by atoms with Gasteiger partial charge >= 0.3 is 5.97 Å². The number of thioether (sulfide) groups is 1. The number of fused-ring (bicyclic) bond motifs is 1. The van der Waals surface area contributed by atoms with Gasteiger partial charge in [0.05, 0.1) is 12.1 Å². The number of hydrogen-bond acceptors (Lipinski definition) is 9. The molecule has 0 spiro atoms. The van der Waals surface area contributed by atoms with Crippen molar-refractivity contribution in [2.24, 2.45) is 5.73 Å². The van der Waals surface area contributed by atoms with E-state index in [-0.39, 0.29) is 24.6 Å². The highest BCUT2D eigenvalue weighted by molar-refractivity contribution is 8.00. The van der Waals surface area contributed by atoms with Crippen LogP contribution < -0.4 is 16.8 Å². The van der Waals surface area contributed by atoms with E-state index in [0.29, 0.717) is 22.2 Å². The van der Waals surface area contributed by atoms with Gasteiger partial charge in [-0.2, -0.15) is 0 Å². The van der Waals surface area contributed by atoms with Crippen LogP contribution in [-0.2, 0) is 30.3 Å². The van der Waals surface area contributed by atoms with Gasteiger partial charge in [0, 0.05) is 23.6 Å². The Hall–Kier alpha value is -2.60. The molecule has 1 saturated heterocycles. The number of primary amides is 1. The molecule has 1 aromatic rings. The van der Waals surface area contributed by atoms with E-state index >= 15 is 0 Å². The Bertz CT molecular complexity index is 851. The third kappa shape index (κ3) is 3.90. The van der Waals surface area contributed by atoms with Crippen LogP contribution in [0.2, 0.25) is 0 Å². The van der Waals surface area contributed by atoms with Crippen molar-refractivity contribution < 1.29 is 23.9 Å². The first-order chi connectivity index (χ1) is 12.8. The van der Waals surface area contributed by atoms with Gasteiger partial charge in [-0.15, -0.1) is 23.1 Å². The lowest BCUT2D eigenvalue weighted by molar-refractivity contribution is -0.147. The van der Waals surface area contributed by atoms with Crippen LogP contribution in [0.1, 0.15) is 12.6 Å². The number of rotatable bonds is 6. The van der Waals surface area contributed by atoms with Crippen LogP contribution in [0, 0.1) is 0 Å². The van der Waals surface area contributed by atoms with Crippen molar-refractivity contribution in [2.45, 2.75) is 24.8 Å². The Kier molecular flexibility index (Phi) is 5.37. The molecule has 0 bridgehead atoms. The number of esters is 1. The molecule has 2 aliphatic rings. The number of ether oxygens (including phenoxy) is 1. The largest absolute Gasteiger partial charge is 0.461 e. The smallest absolute Gasteiger partial charge is 0.302 e. The van der Waals surface area contributed by atoms with E-state index < -0.39 is 29.2 Å². The SMILES string of the molecule is CC(=O)OCC1=C(C(N)=O)N2C(=O)[C@@H](NC(=O)Cc3csc(N)n3)[C@H]2SC1. The van der Waals surface area contributed by atoms with Crippen molar-refractivity contribution in [3.63, 3.8) is 0 Å². The molecule has 1 aromatic heterocycles. The molecule has 12 heteroatoms. The molecule has 3 heterocycles. The van der Waals surface area contributed by atoms with Crippen molar-refractivity contribution in [2.75, 3.05) is 18.1 Å². The maximum absolute atomic E-state index is 12.5. The summed E-state index contributed by atoms with van der Waals surface area (Å²) < 4.78 is 4.92. The van der Waals surface area contributed by atoms with E-state index in [1.54, 1.807) is 5.38 Å². The fraction of sp³-hybridized carbons (Fsp3) is 0.400. The number of thiazole rings is 1. The maximum Gasteiger partial charge on any atom is 0.302 e. The lowest BCUT2D eigenvalue weighted by atomic mass is 10.0. The standard InChI is InChI=1S/C15H17N5O5S2/c1-6(21)25-3-7-4-26-14-10(13(24)20(14)11(7)12(16)23)19-9(22)2-8-5-27-15(17)18-8/h5,10,14H,2-4H2,1H3,(H2,16,23)(H2,17,18)(H,19,22)/t10-,14-/m1/s1. The van der Waals surface area contributed by atoms with Gasteiger partial charge in [-0.3, -0.25) is 24.1 Å². The molecule has 2 atom stereocenters. The van der Waals surface area contributed by atoms with Crippen molar-refractivity contribution in [1.82, 2.24) is 15.2 Å². The second kappa shape index (κ2) is 7.56. The third-order valence-corrected chi connectivity index (χ3v) is 6.02. The minimum atomic E-state index is -0.779. The van der Waals surface area contributed by atoms with Gasteiger partial charge in [0.2, 0.25) is 5.91 Å². The summed E-state index contributed by atoms with van der Waals surface area (Å²) >= 11 is 2.59. The molecule has 5 N–H and O–H groups in total. The molecule has 10 nitrogen and oxygen atoms in total. The minimum Gasteiger partial charge on any atom is -0.461 e. The summed E-state index contributed by atoms with van der Waals surface area (Å²) in [4.78, 5) is 52.8. The molecule has 1 fully saturated rings. The summed E-state index contributed by atoms with van der Waals surface area (Å²) in [5.41, 5.74) is 12.0. The summed E-state index contributed by atoms with van der Waals surface area (Å²) in [7, 11) is 0. The monoisotopic (exact) mass is 411 g/mol. The van der Waals surface area contributed by atoms with Gasteiger partial charge in [0.1, 0.15) is 23.7 Å². The highest BCUT2D eigenvalue weighted by Crippen LogP contribution is 2.40. The lowest BCUT2D eigenvalue weighted by Crippen LogP contribution is -2.71. The average molecular weight is 411 g/mol. The van der Waals surface area contributed by atoms with E-state index in [2.05, 4.69) is 10.3 Å². The summed E-state index contributed by atoms with van der Waals surface area (Å²) in [6, 6.07) is -0.761. The number of carbonyl (C=O) groups is 4. The van der Waals surface area contributed by atoms with Gasteiger partial charge in [0.25, 0.3) is 11.8 Å². The van der Waals surface area contributed by atoms with Crippen molar-refractivity contribution in [3.8, 4) is 0 Å². The van der Waals surface area contributed by atoms with Crippen molar-refractivity contribution >= 4 is 51.9 Å². The van der Waals surface area contributed by atoms with Gasteiger partial charge in [-0.05, 0) is 0 Å². The predicted octanol–water partition coefficient (Wildman–Crippen LogP) is -1.03. The van der Waals surface area contributed by atoms with Gasteiger partial charge in [-0.1, -0.05) is 0 Å². The molecule has 3 amide bonds. The Morgan fingerprint density at radius 2 is 2.19 bits per heavy atom. The van der Waals surface area contributed by atoms with Gasteiger partial charge < -0.3 is 21.5 Å². The lowest BCUT2D eigenvalue weighted by Gasteiger charge is -2.49. The first kappa shape index (κ1) is 19.2. The molecule has 0 radical (unpaired) electrons. The van der Waals surface area contributed by atoms with Crippen LogP contribution in [0.15, 0.2) is 16.7 Å². The number of aromatic nitrogens is 1. The summed E-state index contributed by atoms with van der Waals surface area (Å²) in [6.45, 7) is 1.14. The van der Waals surface area contributed by atoms with E-state index in [1.807, 2.05) is 0 Å². The second-order valence-electron chi connectivity index (χ2n) is 5.91. The molecule has 3 rings (SSSR count). The Morgan fingerprint density at radius 3 is 2.78 bits per heavy atom. The zero-order chi connectivity index (χ0) is 19.7. The van der Waals surface area contributed by atoms with Crippen LogP contribution in [0.3, 0.4) is 0 Å².